The second kappa shape index (κ2) is 6.12. The maximum atomic E-state index is 6.42. The lowest BCUT2D eigenvalue weighted by atomic mass is 10.0. The Bertz CT molecular complexity index is 719. The molecule has 0 bridgehead atoms. The molecule has 1 heterocycles. The first kappa shape index (κ1) is 13.9. The maximum Gasteiger partial charge on any atom is 0.113 e. The molecule has 2 nitrogen and oxygen atoms in total. The van der Waals surface area contributed by atoms with Crippen molar-refractivity contribution < 1.29 is 0 Å². The minimum Gasteiger partial charge on any atom is -0.269 e. The van der Waals surface area contributed by atoms with Crippen molar-refractivity contribution in [3.63, 3.8) is 0 Å². The number of para-hydroxylation sites is 1. The van der Waals surface area contributed by atoms with Gasteiger partial charge in [-0.15, -0.1) is 11.3 Å². The lowest BCUT2D eigenvalue weighted by molar-refractivity contribution is 1.06. The molecule has 106 valence electrons. The summed E-state index contributed by atoms with van der Waals surface area (Å²) in [5.74, 6) is 6.42. The van der Waals surface area contributed by atoms with E-state index in [1.165, 1.54) is 11.1 Å². The van der Waals surface area contributed by atoms with Crippen LogP contribution in [0.2, 0.25) is 0 Å². The summed E-state index contributed by atoms with van der Waals surface area (Å²) in [6, 6.07) is 20.8. The molecule has 0 radical (unpaired) electrons. The summed E-state index contributed by atoms with van der Waals surface area (Å²) in [7, 11) is 0. The molecule has 0 amide bonds. The van der Waals surface area contributed by atoms with Gasteiger partial charge in [-0.05, 0) is 35.1 Å². The van der Waals surface area contributed by atoms with E-state index >= 15 is 0 Å². The number of hydrogen-bond acceptors (Lipinski definition) is 3. The highest BCUT2D eigenvalue weighted by molar-refractivity contribution is 7.14. The molecule has 2 aromatic carbocycles. The van der Waals surface area contributed by atoms with Gasteiger partial charge in [0, 0.05) is 5.56 Å². The largest absolute Gasteiger partial charge is 0.269 e. The quantitative estimate of drug-likeness (QED) is 0.542. The van der Waals surface area contributed by atoms with Gasteiger partial charge in [-0.25, -0.2) is 5.84 Å². The van der Waals surface area contributed by atoms with Crippen LogP contribution in [0.15, 0.2) is 66.0 Å². The van der Waals surface area contributed by atoms with Crippen LogP contribution in [0, 0.1) is 0 Å². The fourth-order valence-electron chi connectivity index (χ4n) is 2.46. The fourth-order valence-corrected chi connectivity index (χ4v) is 3.40. The van der Waals surface area contributed by atoms with Crippen LogP contribution in [-0.4, -0.2) is 0 Å². The third-order valence-corrected chi connectivity index (χ3v) is 4.53. The van der Waals surface area contributed by atoms with Crippen LogP contribution in [0.5, 0.6) is 0 Å². The molecular formula is C18H18N2S. The van der Waals surface area contributed by atoms with Gasteiger partial charge in [-0.1, -0.05) is 55.5 Å². The Morgan fingerprint density at radius 3 is 2.43 bits per heavy atom. The smallest absolute Gasteiger partial charge is 0.113 e. The summed E-state index contributed by atoms with van der Waals surface area (Å²) < 4.78 is 0. The van der Waals surface area contributed by atoms with Crippen molar-refractivity contribution in [3.8, 4) is 11.1 Å². The van der Waals surface area contributed by atoms with E-state index in [1.807, 2.05) is 17.1 Å². The molecule has 0 unspecified atom stereocenters. The highest BCUT2D eigenvalue weighted by atomic mass is 32.1. The molecule has 0 spiro atoms. The van der Waals surface area contributed by atoms with Gasteiger partial charge in [0.15, 0.2) is 0 Å². The highest BCUT2D eigenvalue weighted by Gasteiger charge is 2.14. The summed E-state index contributed by atoms with van der Waals surface area (Å²) in [6.07, 6.45) is 0.986. The molecule has 0 atom stereocenters. The minimum atomic E-state index is 0.986. The molecule has 0 aliphatic rings. The van der Waals surface area contributed by atoms with E-state index in [2.05, 4.69) is 60.8 Å². The van der Waals surface area contributed by atoms with Crippen molar-refractivity contribution in [2.75, 3.05) is 5.01 Å². The molecule has 21 heavy (non-hydrogen) atoms. The summed E-state index contributed by atoms with van der Waals surface area (Å²) in [5.41, 5.74) is 4.64. The van der Waals surface area contributed by atoms with Gasteiger partial charge in [-0.2, -0.15) is 0 Å². The SMILES string of the molecule is CCc1ccsc1N(N)c1ccccc1-c1ccccc1. The Labute approximate surface area is 129 Å². The molecule has 0 aliphatic carbocycles. The number of aryl methyl sites for hydroxylation is 1. The number of anilines is 2. The van der Waals surface area contributed by atoms with Gasteiger partial charge >= 0.3 is 0 Å². The minimum absolute atomic E-state index is 0.986. The first-order valence-corrected chi connectivity index (χ1v) is 7.95. The molecule has 2 N–H and O–H groups in total. The predicted octanol–water partition coefficient (Wildman–Crippen LogP) is 4.99. The van der Waals surface area contributed by atoms with Crippen LogP contribution >= 0.6 is 11.3 Å². The van der Waals surface area contributed by atoms with Crippen LogP contribution in [0.1, 0.15) is 12.5 Å². The molecular weight excluding hydrogens is 276 g/mol. The molecule has 0 saturated heterocycles. The third-order valence-electron chi connectivity index (χ3n) is 3.57. The molecule has 3 aromatic rings. The van der Waals surface area contributed by atoms with Crippen LogP contribution < -0.4 is 10.9 Å². The van der Waals surface area contributed by atoms with Gasteiger partial charge in [0.2, 0.25) is 0 Å². The number of nitrogens with two attached hydrogens (primary N) is 1. The summed E-state index contributed by atoms with van der Waals surface area (Å²) in [6.45, 7) is 2.16. The van der Waals surface area contributed by atoms with Crippen molar-refractivity contribution in [3.05, 3.63) is 71.6 Å². The zero-order valence-electron chi connectivity index (χ0n) is 12.0. The van der Waals surface area contributed by atoms with Crippen molar-refractivity contribution in [1.29, 1.82) is 0 Å². The average Bonchev–Trinajstić information content (AvgIpc) is 3.03. The van der Waals surface area contributed by atoms with E-state index < -0.39 is 0 Å². The number of hydrogen-bond donors (Lipinski definition) is 1. The van der Waals surface area contributed by atoms with Crippen LogP contribution in [0.3, 0.4) is 0 Å². The average molecular weight is 294 g/mol. The molecule has 3 heteroatoms. The van der Waals surface area contributed by atoms with Gasteiger partial charge in [0.05, 0.1) is 5.69 Å². The van der Waals surface area contributed by atoms with Crippen molar-refractivity contribution >= 4 is 22.0 Å². The number of hydrazine groups is 1. The zero-order chi connectivity index (χ0) is 14.7. The monoisotopic (exact) mass is 294 g/mol. The van der Waals surface area contributed by atoms with Gasteiger partial charge < -0.3 is 0 Å². The normalized spacial score (nSPS) is 10.6. The van der Waals surface area contributed by atoms with Gasteiger partial charge in [-0.3, -0.25) is 5.01 Å². The summed E-state index contributed by atoms with van der Waals surface area (Å²) in [4.78, 5) is 0. The van der Waals surface area contributed by atoms with Crippen molar-refractivity contribution in [1.82, 2.24) is 0 Å². The van der Waals surface area contributed by atoms with Crippen LogP contribution in [0.4, 0.5) is 10.7 Å². The van der Waals surface area contributed by atoms with E-state index in [0.29, 0.717) is 0 Å². The Kier molecular flexibility index (Phi) is 4.04. The van der Waals surface area contributed by atoms with Crippen LogP contribution in [0.25, 0.3) is 11.1 Å². The van der Waals surface area contributed by atoms with E-state index in [9.17, 15) is 0 Å². The predicted molar refractivity (Wildman–Crippen MR) is 91.9 cm³/mol. The van der Waals surface area contributed by atoms with E-state index in [1.54, 1.807) is 11.3 Å². The zero-order valence-corrected chi connectivity index (χ0v) is 12.8. The number of nitrogens with zero attached hydrogens (tertiary/aromatic N) is 1. The highest BCUT2D eigenvalue weighted by Crippen LogP contribution is 2.36. The maximum absolute atomic E-state index is 6.42. The molecule has 0 fully saturated rings. The second-order valence-electron chi connectivity index (χ2n) is 4.86. The standard InChI is InChI=1S/C18H18N2S/c1-2-14-12-13-21-18(14)20(19)17-11-7-6-10-16(17)15-8-4-3-5-9-15/h3-13H,2,19H2,1H3. The lowest BCUT2D eigenvalue weighted by Gasteiger charge is -2.22. The Hall–Kier alpha value is -2.10. The van der Waals surface area contributed by atoms with Gasteiger partial charge in [0.25, 0.3) is 0 Å². The third kappa shape index (κ3) is 2.71. The number of rotatable bonds is 4. The Balaban J connectivity index is 2.07. The first-order chi connectivity index (χ1) is 10.3. The van der Waals surface area contributed by atoms with Gasteiger partial charge in [0.1, 0.15) is 5.00 Å². The van der Waals surface area contributed by atoms with Crippen LogP contribution in [-0.2, 0) is 6.42 Å². The summed E-state index contributed by atoms with van der Waals surface area (Å²) >= 11 is 1.68. The first-order valence-electron chi connectivity index (χ1n) is 7.07. The lowest BCUT2D eigenvalue weighted by Crippen LogP contribution is -2.25. The second-order valence-corrected chi connectivity index (χ2v) is 5.75. The van der Waals surface area contributed by atoms with E-state index in [4.69, 9.17) is 5.84 Å². The molecule has 0 saturated carbocycles. The Morgan fingerprint density at radius 1 is 0.952 bits per heavy atom. The molecule has 0 aliphatic heterocycles. The van der Waals surface area contributed by atoms with Crippen molar-refractivity contribution in [2.45, 2.75) is 13.3 Å². The molecule has 1 aromatic heterocycles. The van der Waals surface area contributed by atoms with E-state index in [0.717, 1.165) is 22.7 Å². The number of thiophene rings is 1. The van der Waals surface area contributed by atoms with Crippen molar-refractivity contribution in [2.24, 2.45) is 5.84 Å². The van der Waals surface area contributed by atoms with E-state index in [-0.39, 0.29) is 0 Å². The number of benzene rings is 2. The fraction of sp³-hybridized carbons (Fsp3) is 0.111. The topological polar surface area (TPSA) is 29.3 Å². The summed E-state index contributed by atoms with van der Waals surface area (Å²) in [5, 5.41) is 5.02. The Morgan fingerprint density at radius 2 is 1.67 bits per heavy atom. The molecule has 3 rings (SSSR count).